The molecule has 0 aromatic heterocycles. The maximum absolute atomic E-state index is 12.8. The first-order valence-corrected chi connectivity index (χ1v) is 11.2. The van der Waals surface area contributed by atoms with Gasteiger partial charge in [0.2, 0.25) is 10.0 Å². The highest BCUT2D eigenvalue weighted by atomic mass is 32.2. The van der Waals surface area contributed by atoms with Crippen LogP contribution in [-0.4, -0.2) is 44.3 Å². The van der Waals surface area contributed by atoms with E-state index in [2.05, 4.69) is 5.32 Å². The first-order chi connectivity index (χ1) is 14.1. The molecule has 0 aliphatic rings. The number of hydrogen-bond donors (Lipinski definition) is 1. The van der Waals surface area contributed by atoms with Crippen LogP contribution >= 0.6 is 0 Å². The summed E-state index contributed by atoms with van der Waals surface area (Å²) in [6, 6.07) is 10.1. The molecule has 0 unspecified atom stereocenters. The van der Waals surface area contributed by atoms with E-state index in [0.717, 1.165) is 11.1 Å². The molecule has 0 atom stereocenters. The number of sulfonamides is 1. The van der Waals surface area contributed by atoms with Gasteiger partial charge in [0.25, 0.3) is 5.91 Å². The van der Waals surface area contributed by atoms with Gasteiger partial charge in [-0.25, -0.2) is 13.2 Å². The van der Waals surface area contributed by atoms with Crippen molar-refractivity contribution < 1.29 is 22.7 Å². The molecule has 1 amide bonds. The van der Waals surface area contributed by atoms with Crippen molar-refractivity contribution >= 4 is 27.6 Å². The Balaban J connectivity index is 2.10. The minimum atomic E-state index is -3.66. The molecule has 7 nitrogen and oxygen atoms in total. The molecule has 2 rings (SSSR count). The SMILES string of the molecule is CCN(CC)S(=O)(=O)c1cc(NC(=O)COC(=O)c2cc(C)ccc2C)ccc1C. The molecule has 0 spiro atoms. The first kappa shape index (κ1) is 23.6. The number of rotatable bonds is 8. The molecule has 0 fully saturated rings. The van der Waals surface area contributed by atoms with Crippen molar-refractivity contribution in [3.05, 3.63) is 58.7 Å². The molecule has 0 heterocycles. The summed E-state index contributed by atoms with van der Waals surface area (Å²) in [5.74, 6) is -1.14. The van der Waals surface area contributed by atoms with E-state index in [-0.39, 0.29) is 4.90 Å². The van der Waals surface area contributed by atoms with Crippen LogP contribution in [0.5, 0.6) is 0 Å². The number of carbonyl (C=O) groups excluding carboxylic acids is 2. The van der Waals surface area contributed by atoms with Crippen LogP contribution in [0.4, 0.5) is 5.69 Å². The van der Waals surface area contributed by atoms with Gasteiger partial charge in [0.15, 0.2) is 6.61 Å². The van der Waals surface area contributed by atoms with Crippen molar-refractivity contribution in [3.63, 3.8) is 0 Å². The van der Waals surface area contributed by atoms with Crippen molar-refractivity contribution in [3.8, 4) is 0 Å². The molecule has 162 valence electrons. The van der Waals surface area contributed by atoms with E-state index in [1.54, 1.807) is 45.9 Å². The summed E-state index contributed by atoms with van der Waals surface area (Å²) in [4.78, 5) is 24.6. The Morgan fingerprint density at radius 2 is 1.60 bits per heavy atom. The van der Waals surface area contributed by atoms with Gasteiger partial charge in [-0.3, -0.25) is 4.79 Å². The fraction of sp³-hybridized carbons (Fsp3) is 0.364. The molecule has 0 bridgehead atoms. The van der Waals surface area contributed by atoms with Crippen molar-refractivity contribution in [2.45, 2.75) is 39.5 Å². The molecule has 1 N–H and O–H groups in total. The molecular weight excluding hydrogens is 404 g/mol. The lowest BCUT2D eigenvalue weighted by Gasteiger charge is -2.20. The van der Waals surface area contributed by atoms with Gasteiger partial charge in [-0.1, -0.05) is 37.6 Å². The summed E-state index contributed by atoms with van der Waals surface area (Å²) in [7, 11) is -3.66. The molecule has 0 aliphatic heterocycles. The summed E-state index contributed by atoms with van der Waals surface area (Å²) in [5, 5.41) is 2.59. The highest BCUT2D eigenvalue weighted by Crippen LogP contribution is 2.23. The van der Waals surface area contributed by atoms with E-state index in [4.69, 9.17) is 4.74 Å². The summed E-state index contributed by atoms with van der Waals surface area (Å²) < 4.78 is 32.1. The average Bonchev–Trinajstić information content (AvgIpc) is 2.70. The average molecular weight is 433 g/mol. The topological polar surface area (TPSA) is 92.8 Å². The fourth-order valence-electron chi connectivity index (χ4n) is 3.02. The van der Waals surface area contributed by atoms with E-state index < -0.39 is 28.5 Å². The van der Waals surface area contributed by atoms with Crippen molar-refractivity contribution in [1.29, 1.82) is 0 Å². The lowest BCUT2D eigenvalue weighted by molar-refractivity contribution is -0.119. The van der Waals surface area contributed by atoms with Crippen molar-refractivity contribution in [2.75, 3.05) is 25.0 Å². The number of hydrogen-bond acceptors (Lipinski definition) is 5. The number of carbonyl (C=O) groups is 2. The third-order valence-electron chi connectivity index (χ3n) is 4.74. The van der Waals surface area contributed by atoms with Crippen LogP contribution in [0.25, 0.3) is 0 Å². The number of benzene rings is 2. The normalized spacial score (nSPS) is 11.4. The van der Waals surface area contributed by atoms with Crippen LogP contribution < -0.4 is 5.32 Å². The minimum absolute atomic E-state index is 0.136. The molecule has 0 aliphatic carbocycles. The third-order valence-corrected chi connectivity index (χ3v) is 6.93. The molecule has 0 saturated heterocycles. The molecule has 8 heteroatoms. The van der Waals surface area contributed by atoms with E-state index in [9.17, 15) is 18.0 Å². The van der Waals surface area contributed by atoms with Gasteiger partial charge in [0.05, 0.1) is 10.5 Å². The number of ether oxygens (including phenoxy) is 1. The lowest BCUT2D eigenvalue weighted by Crippen LogP contribution is -2.31. The van der Waals surface area contributed by atoms with Crippen molar-refractivity contribution in [2.24, 2.45) is 0 Å². The van der Waals surface area contributed by atoms with E-state index >= 15 is 0 Å². The number of nitrogens with zero attached hydrogens (tertiary/aromatic N) is 1. The lowest BCUT2D eigenvalue weighted by atomic mass is 10.1. The number of esters is 1. The maximum atomic E-state index is 12.8. The van der Waals surface area contributed by atoms with E-state index in [0.29, 0.717) is 29.9 Å². The monoisotopic (exact) mass is 432 g/mol. The van der Waals surface area contributed by atoms with E-state index in [1.807, 2.05) is 19.1 Å². The van der Waals surface area contributed by atoms with Crippen LogP contribution in [0.3, 0.4) is 0 Å². The highest BCUT2D eigenvalue weighted by molar-refractivity contribution is 7.89. The summed E-state index contributed by atoms with van der Waals surface area (Å²) in [6.45, 7) is 9.13. The molecule has 0 saturated carbocycles. The summed E-state index contributed by atoms with van der Waals surface area (Å²) in [6.07, 6.45) is 0. The first-order valence-electron chi connectivity index (χ1n) is 9.75. The van der Waals surface area contributed by atoms with Crippen LogP contribution in [0.1, 0.15) is 40.9 Å². The fourth-order valence-corrected chi connectivity index (χ4v) is 4.73. The van der Waals surface area contributed by atoms with Crippen LogP contribution in [0, 0.1) is 20.8 Å². The maximum Gasteiger partial charge on any atom is 0.338 e. The van der Waals surface area contributed by atoms with Crippen LogP contribution in [0.2, 0.25) is 0 Å². The van der Waals surface area contributed by atoms with Gasteiger partial charge in [-0.05, 0) is 50.1 Å². The number of anilines is 1. The van der Waals surface area contributed by atoms with Gasteiger partial charge < -0.3 is 10.1 Å². The molecule has 0 radical (unpaired) electrons. The second kappa shape index (κ2) is 9.86. The second-order valence-corrected chi connectivity index (χ2v) is 8.92. The molecule has 30 heavy (non-hydrogen) atoms. The Labute approximate surface area is 178 Å². The second-order valence-electron chi connectivity index (χ2n) is 7.01. The summed E-state index contributed by atoms with van der Waals surface area (Å²) in [5.41, 5.74) is 2.99. The Morgan fingerprint density at radius 1 is 0.967 bits per heavy atom. The van der Waals surface area contributed by atoms with Crippen LogP contribution in [-0.2, 0) is 19.6 Å². The molecular formula is C22H28N2O5S. The standard InChI is InChI=1S/C22H28N2O5S/c1-6-24(7-2)30(27,28)20-13-18(11-10-17(20)5)23-21(25)14-29-22(26)19-12-15(3)8-9-16(19)4/h8-13H,6-7,14H2,1-5H3,(H,23,25). The minimum Gasteiger partial charge on any atom is -0.452 e. The zero-order chi connectivity index (χ0) is 22.5. The van der Waals surface area contributed by atoms with Gasteiger partial charge in [0.1, 0.15) is 0 Å². The summed E-state index contributed by atoms with van der Waals surface area (Å²) >= 11 is 0. The number of aryl methyl sites for hydroxylation is 3. The molecule has 2 aromatic rings. The number of amides is 1. The van der Waals surface area contributed by atoms with E-state index in [1.165, 1.54) is 10.4 Å². The Kier molecular flexibility index (Phi) is 7.75. The third kappa shape index (κ3) is 5.46. The predicted octanol–water partition coefficient (Wildman–Crippen LogP) is 3.44. The zero-order valence-corrected chi connectivity index (χ0v) is 18.8. The van der Waals surface area contributed by atoms with Gasteiger partial charge in [-0.15, -0.1) is 0 Å². The Hall–Kier alpha value is -2.71. The van der Waals surface area contributed by atoms with Crippen molar-refractivity contribution in [1.82, 2.24) is 4.31 Å². The van der Waals surface area contributed by atoms with Gasteiger partial charge in [-0.2, -0.15) is 4.31 Å². The van der Waals surface area contributed by atoms with Gasteiger partial charge >= 0.3 is 5.97 Å². The van der Waals surface area contributed by atoms with Crippen LogP contribution in [0.15, 0.2) is 41.3 Å². The smallest absolute Gasteiger partial charge is 0.338 e. The van der Waals surface area contributed by atoms with Gasteiger partial charge in [0, 0.05) is 18.8 Å². The Bertz CT molecular complexity index is 1040. The number of nitrogens with one attached hydrogen (secondary N) is 1. The quantitative estimate of drug-likeness (QED) is 0.645. The predicted molar refractivity (Wildman–Crippen MR) is 116 cm³/mol. The highest BCUT2D eigenvalue weighted by Gasteiger charge is 2.24. The zero-order valence-electron chi connectivity index (χ0n) is 18.0. The Morgan fingerprint density at radius 3 is 2.23 bits per heavy atom. The largest absolute Gasteiger partial charge is 0.452 e. The molecule has 2 aromatic carbocycles.